The minimum absolute atomic E-state index is 0.0495. The van der Waals surface area contributed by atoms with E-state index in [9.17, 15) is 4.79 Å². The fourth-order valence-corrected chi connectivity index (χ4v) is 3.94. The van der Waals surface area contributed by atoms with Crippen molar-refractivity contribution in [2.24, 2.45) is 0 Å². The molecule has 2 heterocycles. The quantitative estimate of drug-likeness (QED) is 0.892. The standard InChI is InChI=1S/C11H12N2OS2/c1-15-5-8-12-10(14)9-6-3-2-4-7(6)16-11(9)13-8/h2-5H2,1H3,(H,12,13,14). The molecule has 1 aliphatic rings. The van der Waals surface area contributed by atoms with Crippen molar-refractivity contribution in [3.05, 3.63) is 26.6 Å². The molecule has 84 valence electrons. The number of hydrogen-bond acceptors (Lipinski definition) is 4. The highest BCUT2D eigenvalue weighted by atomic mass is 32.2. The van der Waals surface area contributed by atoms with E-state index in [-0.39, 0.29) is 5.56 Å². The van der Waals surface area contributed by atoms with Crippen LogP contribution < -0.4 is 5.56 Å². The van der Waals surface area contributed by atoms with Crippen molar-refractivity contribution in [1.29, 1.82) is 0 Å². The van der Waals surface area contributed by atoms with Crippen molar-refractivity contribution in [2.75, 3.05) is 6.26 Å². The molecule has 2 aromatic rings. The van der Waals surface area contributed by atoms with Gasteiger partial charge >= 0.3 is 0 Å². The summed E-state index contributed by atoms with van der Waals surface area (Å²) in [5.41, 5.74) is 1.30. The number of thiophene rings is 1. The third kappa shape index (κ3) is 1.50. The molecular weight excluding hydrogens is 240 g/mol. The van der Waals surface area contributed by atoms with Crippen LogP contribution in [0.15, 0.2) is 4.79 Å². The Morgan fingerprint density at radius 2 is 2.38 bits per heavy atom. The van der Waals surface area contributed by atoms with Crippen LogP contribution in [-0.4, -0.2) is 16.2 Å². The van der Waals surface area contributed by atoms with Gasteiger partial charge in [0.2, 0.25) is 0 Å². The summed E-state index contributed by atoms with van der Waals surface area (Å²) >= 11 is 3.37. The van der Waals surface area contributed by atoms with Crippen LogP contribution in [0.1, 0.15) is 22.7 Å². The minimum atomic E-state index is 0.0495. The van der Waals surface area contributed by atoms with Gasteiger partial charge < -0.3 is 4.98 Å². The molecule has 0 saturated heterocycles. The lowest BCUT2D eigenvalue weighted by Crippen LogP contribution is -2.11. The Hall–Kier alpha value is -0.810. The number of aromatic amines is 1. The summed E-state index contributed by atoms with van der Waals surface area (Å²) in [6, 6.07) is 0. The van der Waals surface area contributed by atoms with Crippen LogP contribution >= 0.6 is 23.1 Å². The predicted molar refractivity (Wildman–Crippen MR) is 69.5 cm³/mol. The van der Waals surface area contributed by atoms with Gasteiger partial charge in [0.05, 0.1) is 11.1 Å². The lowest BCUT2D eigenvalue weighted by molar-refractivity contribution is 0.916. The Morgan fingerprint density at radius 3 is 3.19 bits per heavy atom. The predicted octanol–water partition coefficient (Wildman–Crippen LogP) is 2.34. The third-order valence-electron chi connectivity index (χ3n) is 2.91. The molecule has 0 saturated carbocycles. The van der Waals surface area contributed by atoms with Crippen LogP contribution in [0.3, 0.4) is 0 Å². The lowest BCUT2D eigenvalue weighted by Gasteiger charge is -1.98. The van der Waals surface area contributed by atoms with Gasteiger partial charge in [0.25, 0.3) is 5.56 Å². The molecule has 5 heteroatoms. The van der Waals surface area contributed by atoms with Gasteiger partial charge in [-0.1, -0.05) is 0 Å². The largest absolute Gasteiger partial charge is 0.309 e. The first-order valence-electron chi connectivity index (χ1n) is 5.32. The Balaban J connectivity index is 2.26. The molecule has 0 unspecified atom stereocenters. The van der Waals surface area contributed by atoms with E-state index in [2.05, 4.69) is 9.97 Å². The Kier molecular flexibility index (Phi) is 2.52. The van der Waals surface area contributed by atoms with E-state index in [0.717, 1.165) is 34.6 Å². The van der Waals surface area contributed by atoms with Gasteiger partial charge in [-0.05, 0) is 31.1 Å². The van der Waals surface area contributed by atoms with Crippen LogP contribution in [0.4, 0.5) is 0 Å². The summed E-state index contributed by atoms with van der Waals surface area (Å²) in [6.07, 6.45) is 5.36. The second-order valence-corrected chi connectivity index (χ2v) is 5.93. The van der Waals surface area contributed by atoms with Crippen molar-refractivity contribution in [2.45, 2.75) is 25.0 Å². The van der Waals surface area contributed by atoms with E-state index in [1.165, 1.54) is 16.9 Å². The molecule has 3 rings (SSSR count). The van der Waals surface area contributed by atoms with Crippen LogP contribution in [0, 0.1) is 0 Å². The van der Waals surface area contributed by atoms with Gasteiger partial charge in [0, 0.05) is 4.88 Å². The fourth-order valence-electron chi connectivity index (χ4n) is 2.25. The number of aromatic nitrogens is 2. The van der Waals surface area contributed by atoms with E-state index in [1.807, 2.05) is 6.26 Å². The molecule has 1 N–H and O–H groups in total. The number of aryl methyl sites for hydroxylation is 2. The number of hydrogen-bond donors (Lipinski definition) is 1. The second-order valence-electron chi connectivity index (χ2n) is 3.98. The van der Waals surface area contributed by atoms with E-state index >= 15 is 0 Å². The van der Waals surface area contributed by atoms with Gasteiger partial charge in [0.15, 0.2) is 0 Å². The number of thioether (sulfide) groups is 1. The molecule has 16 heavy (non-hydrogen) atoms. The molecule has 0 amide bonds. The topological polar surface area (TPSA) is 45.8 Å². The summed E-state index contributed by atoms with van der Waals surface area (Å²) < 4.78 is 0. The van der Waals surface area contributed by atoms with Gasteiger partial charge in [-0.15, -0.1) is 11.3 Å². The molecule has 0 aromatic carbocycles. The summed E-state index contributed by atoms with van der Waals surface area (Å²) in [4.78, 5) is 21.7. The highest BCUT2D eigenvalue weighted by molar-refractivity contribution is 7.97. The normalized spacial score (nSPS) is 14.6. The molecule has 0 bridgehead atoms. The second kappa shape index (κ2) is 3.89. The van der Waals surface area contributed by atoms with Crippen molar-refractivity contribution >= 4 is 33.3 Å². The zero-order chi connectivity index (χ0) is 11.1. The van der Waals surface area contributed by atoms with E-state index in [0.29, 0.717) is 0 Å². The first-order valence-corrected chi connectivity index (χ1v) is 7.53. The summed E-state index contributed by atoms with van der Waals surface area (Å²) in [7, 11) is 0. The van der Waals surface area contributed by atoms with E-state index < -0.39 is 0 Å². The first-order chi connectivity index (χ1) is 7.79. The van der Waals surface area contributed by atoms with Gasteiger partial charge in [0.1, 0.15) is 10.7 Å². The highest BCUT2D eigenvalue weighted by Crippen LogP contribution is 2.34. The SMILES string of the molecule is CSCc1nc2sc3c(c2c(=O)[nH]1)CCC3. The molecule has 0 radical (unpaired) electrons. The molecule has 3 nitrogen and oxygen atoms in total. The molecular formula is C11H12N2OS2. The Labute approximate surface area is 101 Å². The van der Waals surface area contributed by atoms with E-state index in [1.54, 1.807) is 23.1 Å². The minimum Gasteiger partial charge on any atom is -0.309 e. The molecule has 0 aliphatic heterocycles. The zero-order valence-corrected chi connectivity index (χ0v) is 10.6. The number of nitrogens with one attached hydrogen (secondary N) is 1. The lowest BCUT2D eigenvalue weighted by atomic mass is 10.2. The van der Waals surface area contributed by atoms with Crippen LogP contribution in [0.5, 0.6) is 0 Å². The third-order valence-corrected chi connectivity index (χ3v) is 4.65. The van der Waals surface area contributed by atoms with Crippen LogP contribution in [0.25, 0.3) is 10.2 Å². The van der Waals surface area contributed by atoms with E-state index in [4.69, 9.17) is 0 Å². The number of nitrogens with zero attached hydrogens (tertiary/aromatic N) is 1. The molecule has 0 atom stereocenters. The first kappa shape index (κ1) is 10.4. The Bertz CT molecular complexity index is 600. The van der Waals surface area contributed by atoms with Gasteiger partial charge in [-0.2, -0.15) is 11.8 Å². The Morgan fingerprint density at radius 1 is 1.50 bits per heavy atom. The number of fused-ring (bicyclic) bond motifs is 3. The van der Waals surface area contributed by atoms with Gasteiger partial charge in [-0.3, -0.25) is 4.79 Å². The number of rotatable bonds is 2. The summed E-state index contributed by atoms with van der Waals surface area (Å²) in [6.45, 7) is 0. The number of H-pyrrole nitrogens is 1. The van der Waals surface area contributed by atoms with Crippen molar-refractivity contribution in [3.8, 4) is 0 Å². The highest BCUT2D eigenvalue weighted by Gasteiger charge is 2.20. The average molecular weight is 252 g/mol. The smallest absolute Gasteiger partial charge is 0.259 e. The maximum atomic E-state index is 12.0. The van der Waals surface area contributed by atoms with Gasteiger partial charge in [-0.25, -0.2) is 4.98 Å². The summed E-state index contributed by atoms with van der Waals surface area (Å²) in [5.74, 6) is 1.57. The summed E-state index contributed by atoms with van der Waals surface area (Å²) in [5, 5.41) is 0.849. The maximum absolute atomic E-state index is 12.0. The van der Waals surface area contributed by atoms with Crippen molar-refractivity contribution < 1.29 is 0 Å². The zero-order valence-electron chi connectivity index (χ0n) is 9.00. The molecule has 2 aromatic heterocycles. The average Bonchev–Trinajstić information content (AvgIpc) is 2.76. The fraction of sp³-hybridized carbons (Fsp3) is 0.455. The van der Waals surface area contributed by atoms with Crippen LogP contribution in [-0.2, 0) is 18.6 Å². The molecule has 0 spiro atoms. The van der Waals surface area contributed by atoms with Crippen LogP contribution in [0.2, 0.25) is 0 Å². The van der Waals surface area contributed by atoms with Crippen molar-refractivity contribution in [3.63, 3.8) is 0 Å². The van der Waals surface area contributed by atoms with Crippen molar-refractivity contribution in [1.82, 2.24) is 9.97 Å². The monoisotopic (exact) mass is 252 g/mol. The molecule has 0 fully saturated rings. The maximum Gasteiger partial charge on any atom is 0.259 e. The molecule has 1 aliphatic carbocycles.